The van der Waals surface area contributed by atoms with E-state index in [9.17, 15) is 21.6 Å². The molecular weight excluding hydrogens is 441 g/mol. The highest BCUT2D eigenvalue weighted by atomic mass is 35.5. The maximum Gasteiger partial charge on any atom is 0.416 e. The molecule has 2 heterocycles. The lowest BCUT2D eigenvalue weighted by Crippen LogP contribution is -3.00. The average molecular weight is 458 g/mol. The van der Waals surface area contributed by atoms with Crippen molar-refractivity contribution >= 4 is 32.7 Å². The van der Waals surface area contributed by atoms with Crippen molar-refractivity contribution in [3.8, 4) is 0 Å². The predicted molar refractivity (Wildman–Crippen MR) is 103 cm³/mol. The Morgan fingerprint density at radius 1 is 0.933 bits per heavy atom. The van der Waals surface area contributed by atoms with E-state index in [4.69, 9.17) is 0 Å². The first-order chi connectivity index (χ1) is 13.7. The Morgan fingerprint density at radius 3 is 2.20 bits per heavy atom. The van der Waals surface area contributed by atoms with Crippen LogP contribution in [0.25, 0.3) is 11.0 Å². The van der Waals surface area contributed by atoms with E-state index >= 15 is 0 Å². The number of hydrogen-bond acceptors (Lipinski definition) is 5. The molecule has 30 heavy (non-hydrogen) atoms. The number of anilines is 2. The molecule has 4 rings (SSSR count). The van der Waals surface area contributed by atoms with Gasteiger partial charge in [-0.05, 0) is 36.8 Å². The molecule has 0 aliphatic carbocycles. The number of alkyl halides is 3. The largest absolute Gasteiger partial charge is 1.00 e. The van der Waals surface area contributed by atoms with Crippen molar-refractivity contribution in [1.82, 2.24) is 9.97 Å². The molecule has 0 saturated heterocycles. The fraction of sp³-hybridized carbons (Fsp3) is 0.263. The van der Waals surface area contributed by atoms with Gasteiger partial charge in [0.15, 0.2) is 11.6 Å². The van der Waals surface area contributed by atoms with Gasteiger partial charge >= 0.3 is 6.18 Å². The zero-order chi connectivity index (χ0) is 20.8. The average Bonchev–Trinajstić information content (AvgIpc) is 2.85. The fourth-order valence-corrected chi connectivity index (χ4v) is 4.76. The third kappa shape index (κ3) is 3.89. The summed E-state index contributed by atoms with van der Waals surface area (Å²) in [4.78, 5) is 10.4. The monoisotopic (exact) mass is 457 g/mol. The lowest BCUT2D eigenvalue weighted by molar-refractivity contribution is -0.137. The zero-order valence-electron chi connectivity index (χ0n) is 15.8. The smallest absolute Gasteiger partial charge is 0.416 e. The van der Waals surface area contributed by atoms with E-state index in [-0.39, 0.29) is 24.8 Å². The van der Waals surface area contributed by atoms with E-state index in [1.165, 1.54) is 0 Å². The van der Waals surface area contributed by atoms with E-state index in [1.54, 1.807) is 36.2 Å². The van der Waals surface area contributed by atoms with Crippen molar-refractivity contribution < 1.29 is 34.0 Å². The molecule has 1 aromatic heterocycles. The highest BCUT2D eigenvalue weighted by Crippen LogP contribution is 2.35. The van der Waals surface area contributed by atoms with Crippen LogP contribution in [0.5, 0.6) is 0 Å². The van der Waals surface area contributed by atoms with Crippen LogP contribution in [0.3, 0.4) is 0 Å². The maximum atomic E-state index is 13.3. The number of rotatable bonds is 2. The number of aromatic nitrogens is 2. The Kier molecular flexibility index (Phi) is 5.83. The van der Waals surface area contributed by atoms with Gasteiger partial charge in [-0.25, -0.2) is 22.7 Å². The number of halogens is 4. The predicted octanol–water partition coefficient (Wildman–Crippen LogP) is 0.688. The Bertz CT molecular complexity index is 1190. The van der Waals surface area contributed by atoms with Crippen LogP contribution < -0.4 is 21.6 Å². The van der Waals surface area contributed by atoms with E-state index < -0.39 is 26.7 Å². The van der Waals surface area contributed by atoms with Gasteiger partial charge in [0.2, 0.25) is 0 Å². The van der Waals surface area contributed by atoms with Crippen LogP contribution in [0.2, 0.25) is 0 Å². The molecular formula is C19H17ClF3N4O2S-. The quantitative estimate of drug-likeness (QED) is 0.566. The standard InChI is InChI=1S/C19H17F3N4O2S.ClH/c1-25-10-5-11-26(18-17(25)23-15-8-2-3-9-16(15)24-18)29(27,28)14-7-4-6-13(12-14)19(20,21)22;/h2-4,6-9,12H,5,10-11H2,1H3;1H/p-1. The molecule has 11 heteroatoms. The van der Waals surface area contributed by atoms with Crippen molar-refractivity contribution in [2.75, 3.05) is 29.3 Å². The van der Waals surface area contributed by atoms with Crippen LogP contribution >= 0.6 is 0 Å². The lowest BCUT2D eigenvalue weighted by Gasteiger charge is -2.24. The molecule has 0 atom stereocenters. The van der Waals surface area contributed by atoms with Crippen LogP contribution in [0.4, 0.5) is 24.8 Å². The Morgan fingerprint density at radius 2 is 1.57 bits per heavy atom. The number of benzene rings is 2. The summed E-state index contributed by atoms with van der Waals surface area (Å²) in [6.45, 7) is 0.623. The summed E-state index contributed by atoms with van der Waals surface area (Å²) >= 11 is 0. The Balaban J connectivity index is 0.00000256. The van der Waals surface area contributed by atoms with Crippen molar-refractivity contribution in [3.05, 3.63) is 54.1 Å². The molecule has 0 radical (unpaired) electrons. The minimum absolute atomic E-state index is 0. The molecule has 3 aromatic rings. The van der Waals surface area contributed by atoms with Gasteiger partial charge in [0.1, 0.15) is 0 Å². The topological polar surface area (TPSA) is 66.4 Å². The Labute approximate surface area is 177 Å². The van der Waals surface area contributed by atoms with Gasteiger partial charge in [-0.1, -0.05) is 18.2 Å². The summed E-state index contributed by atoms with van der Waals surface area (Å²) in [5.41, 5.74) is 0.0949. The highest BCUT2D eigenvalue weighted by Gasteiger charge is 2.35. The van der Waals surface area contributed by atoms with Crippen LogP contribution in [-0.4, -0.2) is 38.5 Å². The zero-order valence-corrected chi connectivity index (χ0v) is 17.3. The van der Waals surface area contributed by atoms with E-state index in [0.29, 0.717) is 35.9 Å². The van der Waals surface area contributed by atoms with Gasteiger partial charge < -0.3 is 17.3 Å². The number of fused-ring (bicyclic) bond motifs is 2. The second kappa shape index (κ2) is 7.92. The van der Waals surface area contributed by atoms with E-state index in [2.05, 4.69) is 9.97 Å². The number of hydrogen-bond donors (Lipinski definition) is 0. The summed E-state index contributed by atoms with van der Waals surface area (Å²) in [7, 11) is -2.49. The van der Waals surface area contributed by atoms with Gasteiger partial charge in [0, 0.05) is 20.1 Å². The lowest BCUT2D eigenvalue weighted by atomic mass is 10.2. The second-order valence-electron chi connectivity index (χ2n) is 6.74. The summed E-state index contributed by atoms with van der Waals surface area (Å²) in [6, 6.07) is 10.8. The van der Waals surface area contributed by atoms with Crippen LogP contribution in [0, 0.1) is 0 Å². The first kappa shape index (κ1) is 22.1. The van der Waals surface area contributed by atoms with Crippen molar-refractivity contribution in [2.45, 2.75) is 17.5 Å². The molecule has 6 nitrogen and oxygen atoms in total. The number of nitrogens with zero attached hydrogens (tertiary/aromatic N) is 4. The van der Waals surface area contributed by atoms with Crippen LogP contribution in [-0.2, 0) is 16.2 Å². The Hall–Kier alpha value is -2.59. The van der Waals surface area contributed by atoms with Gasteiger partial charge in [0.05, 0.1) is 21.5 Å². The minimum Gasteiger partial charge on any atom is -1.00 e. The van der Waals surface area contributed by atoms with Crippen molar-refractivity contribution in [1.29, 1.82) is 0 Å². The molecule has 0 spiro atoms. The molecule has 1 aliphatic heterocycles. The molecule has 160 valence electrons. The molecule has 0 unspecified atom stereocenters. The summed E-state index contributed by atoms with van der Waals surface area (Å²) in [5, 5.41) is 0. The first-order valence-electron chi connectivity index (χ1n) is 8.86. The number of para-hydroxylation sites is 2. The van der Waals surface area contributed by atoms with Gasteiger partial charge in [-0.15, -0.1) is 0 Å². The summed E-state index contributed by atoms with van der Waals surface area (Å²) in [5.74, 6) is 0.484. The number of sulfonamides is 1. The van der Waals surface area contributed by atoms with Crippen molar-refractivity contribution in [2.24, 2.45) is 0 Å². The van der Waals surface area contributed by atoms with Gasteiger partial charge in [-0.3, -0.25) is 0 Å². The molecule has 0 saturated carbocycles. The SMILES string of the molecule is CN1CCCN(S(=O)(=O)c2cccc(C(F)(F)F)c2)c2nc3ccccc3nc21.[Cl-]. The summed E-state index contributed by atoms with van der Waals surface area (Å²) in [6.07, 6.45) is -4.17. The molecule has 0 N–H and O–H groups in total. The molecule has 1 aliphatic rings. The first-order valence-corrected chi connectivity index (χ1v) is 10.3. The molecule has 0 fully saturated rings. The van der Waals surface area contributed by atoms with Crippen LogP contribution in [0.15, 0.2) is 53.4 Å². The van der Waals surface area contributed by atoms with E-state index in [0.717, 1.165) is 22.5 Å². The second-order valence-corrected chi connectivity index (χ2v) is 8.60. The third-order valence-electron chi connectivity index (χ3n) is 4.74. The third-order valence-corrected chi connectivity index (χ3v) is 6.52. The van der Waals surface area contributed by atoms with Gasteiger partial charge in [-0.2, -0.15) is 13.2 Å². The van der Waals surface area contributed by atoms with Crippen LogP contribution in [0.1, 0.15) is 12.0 Å². The van der Waals surface area contributed by atoms with E-state index in [1.807, 2.05) is 0 Å². The molecule has 0 amide bonds. The normalized spacial score (nSPS) is 14.8. The minimum atomic E-state index is -4.64. The maximum absolute atomic E-state index is 13.3. The van der Waals surface area contributed by atoms with Gasteiger partial charge in [0.25, 0.3) is 10.0 Å². The fourth-order valence-electron chi connectivity index (χ4n) is 3.26. The highest BCUT2D eigenvalue weighted by molar-refractivity contribution is 7.92. The summed E-state index contributed by atoms with van der Waals surface area (Å²) < 4.78 is 66.9. The molecule has 2 aromatic carbocycles. The van der Waals surface area contributed by atoms with Crippen molar-refractivity contribution in [3.63, 3.8) is 0 Å². The molecule has 0 bridgehead atoms.